The van der Waals surface area contributed by atoms with Gasteiger partial charge in [-0.05, 0) is 30.7 Å². The minimum absolute atomic E-state index is 0.220. The van der Waals surface area contributed by atoms with Crippen LogP contribution in [-0.2, 0) is 4.74 Å². The number of aromatic nitrogens is 2. The lowest BCUT2D eigenvalue weighted by Gasteiger charge is -2.02. The number of aromatic carboxylic acids is 1. The van der Waals surface area contributed by atoms with Crippen LogP contribution in [0.4, 0.5) is 0 Å². The highest BCUT2D eigenvalue weighted by atomic mass is 16.5. The Morgan fingerprint density at radius 3 is 2.09 bits per heavy atom. The summed E-state index contributed by atoms with van der Waals surface area (Å²) in [5.74, 6) is -1.23. The second-order valence-electron chi connectivity index (χ2n) is 4.28. The van der Waals surface area contributed by atoms with Gasteiger partial charge >= 0.3 is 11.9 Å². The van der Waals surface area contributed by atoms with Crippen LogP contribution < -0.4 is 0 Å². The third kappa shape index (κ3) is 6.60. The second-order valence-corrected chi connectivity index (χ2v) is 4.28. The first-order valence-electron chi connectivity index (χ1n) is 6.85. The molecule has 2 aromatic heterocycles. The zero-order valence-electron chi connectivity index (χ0n) is 12.3. The van der Waals surface area contributed by atoms with E-state index in [2.05, 4.69) is 16.9 Å². The lowest BCUT2D eigenvalue weighted by molar-refractivity contribution is 0.0498. The van der Waals surface area contributed by atoms with Gasteiger partial charge in [-0.3, -0.25) is 9.97 Å². The predicted octanol–water partition coefficient (Wildman–Crippen LogP) is 2.82. The lowest BCUT2D eigenvalue weighted by atomic mass is 10.3. The van der Waals surface area contributed by atoms with Crippen molar-refractivity contribution < 1.29 is 19.4 Å². The number of carbonyl (C=O) groups excluding carboxylic acids is 1. The number of hydrogen-bond donors (Lipinski definition) is 1. The number of unbranched alkanes of at least 4 members (excludes halogenated alkanes) is 1. The van der Waals surface area contributed by atoms with Gasteiger partial charge in [-0.25, -0.2) is 9.59 Å². The van der Waals surface area contributed by atoms with Crippen LogP contribution in [0.5, 0.6) is 0 Å². The first kappa shape index (κ1) is 17.3. The van der Waals surface area contributed by atoms with Crippen molar-refractivity contribution >= 4 is 11.9 Å². The van der Waals surface area contributed by atoms with Gasteiger partial charge in [0.25, 0.3) is 0 Å². The van der Waals surface area contributed by atoms with Crippen LogP contribution in [0.25, 0.3) is 0 Å². The summed E-state index contributed by atoms with van der Waals surface area (Å²) in [7, 11) is 0. The summed E-state index contributed by atoms with van der Waals surface area (Å²) in [4.78, 5) is 28.9. The van der Waals surface area contributed by atoms with Crippen molar-refractivity contribution in [2.75, 3.05) is 6.61 Å². The fourth-order valence-corrected chi connectivity index (χ4v) is 1.37. The maximum atomic E-state index is 11.3. The molecular weight excluding hydrogens is 284 g/mol. The maximum absolute atomic E-state index is 11.3. The zero-order chi connectivity index (χ0) is 16.2. The number of esters is 1. The molecule has 0 saturated heterocycles. The van der Waals surface area contributed by atoms with E-state index >= 15 is 0 Å². The first-order valence-corrected chi connectivity index (χ1v) is 6.85. The largest absolute Gasteiger partial charge is 0.478 e. The molecule has 22 heavy (non-hydrogen) atoms. The monoisotopic (exact) mass is 302 g/mol. The molecule has 0 atom stereocenters. The molecular formula is C16H18N2O4. The zero-order valence-corrected chi connectivity index (χ0v) is 12.3. The minimum atomic E-state index is -0.942. The smallest absolute Gasteiger partial charge is 0.339 e. The molecule has 0 aromatic carbocycles. The number of carboxylic acid groups (broad SMARTS) is 1. The van der Waals surface area contributed by atoms with E-state index in [1.54, 1.807) is 24.4 Å². The molecule has 0 spiro atoms. The van der Waals surface area contributed by atoms with Crippen molar-refractivity contribution in [2.24, 2.45) is 0 Å². The van der Waals surface area contributed by atoms with Crippen LogP contribution >= 0.6 is 0 Å². The molecule has 116 valence electrons. The summed E-state index contributed by atoms with van der Waals surface area (Å²) in [6.07, 6.45) is 7.91. The molecule has 0 aliphatic heterocycles. The van der Waals surface area contributed by atoms with Crippen LogP contribution in [0, 0.1) is 0 Å². The van der Waals surface area contributed by atoms with Gasteiger partial charge in [0.15, 0.2) is 0 Å². The van der Waals surface area contributed by atoms with E-state index < -0.39 is 5.97 Å². The molecule has 6 nitrogen and oxygen atoms in total. The highest BCUT2D eigenvalue weighted by Gasteiger charge is 2.04. The standard InChI is InChI=1S/C10H13NO2.C6H5NO2/c1-2-3-7-13-10(12)9-5-4-6-11-8-9;8-6(9)5-2-1-3-7-4-5/h4-6,8H,2-3,7H2,1H3;1-4H,(H,8,9). The highest BCUT2D eigenvalue weighted by Crippen LogP contribution is 1.99. The molecule has 0 radical (unpaired) electrons. The third-order valence-corrected chi connectivity index (χ3v) is 2.54. The van der Waals surface area contributed by atoms with Crippen molar-refractivity contribution in [2.45, 2.75) is 19.8 Å². The van der Waals surface area contributed by atoms with Gasteiger partial charge in [0.2, 0.25) is 0 Å². The molecule has 0 fully saturated rings. The summed E-state index contributed by atoms with van der Waals surface area (Å²) < 4.78 is 4.99. The highest BCUT2D eigenvalue weighted by molar-refractivity contribution is 5.88. The summed E-state index contributed by atoms with van der Waals surface area (Å²) in [5.41, 5.74) is 0.733. The number of pyridine rings is 2. The van der Waals surface area contributed by atoms with Gasteiger partial charge in [-0.15, -0.1) is 0 Å². The lowest BCUT2D eigenvalue weighted by Crippen LogP contribution is -2.06. The Morgan fingerprint density at radius 1 is 1.09 bits per heavy atom. The van der Waals surface area contributed by atoms with Crippen molar-refractivity contribution in [1.82, 2.24) is 9.97 Å². The van der Waals surface area contributed by atoms with Crippen LogP contribution in [0.15, 0.2) is 49.1 Å². The van der Waals surface area contributed by atoms with E-state index in [9.17, 15) is 9.59 Å². The van der Waals surface area contributed by atoms with Crippen molar-refractivity contribution in [3.05, 3.63) is 60.2 Å². The predicted molar refractivity (Wildman–Crippen MR) is 80.6 cm³/mol. The molecule has 0 aliphatic rings. The van der Waals surface area contributed by atoms with Crippen molar-refractivity contribution in [1.29, 1.82) is 0 Å². The molecule has 0 amide bonds. The van der Waals surface area contributed by atoms with Crippen LogP contribution in [0.1, 0.15) is 40.5 Å². The van der Waals surface area contributed by atoms with E-state index in [-0.39, 0.29) is 11.5 Å². The van der Waals surface area contributed by atoms with Crippen LogP contribution in [0.3, 0.4) is 0 Å². The van der Waals surface area contributed by atoms with Gasteiger partial charge in [-0.2, -0.15) is 0 Å². The topological polar surface area (TPSA) is 89.4 Å². The third-order valence-electron chi connectivity index (χ3n) is 2.54. The summed E-state index contributed by atoms with van der Waals surface area (Å²) in [6, 6.07) is 6.50. The van der Waals surface area contributed by atoms with Crippen molar-refractivity contribution in [3.63, 3.8) is 0 Å². The molecule has 2 rings (SSSR count). The molecule has 0 unspecified atom stereocenters. The van der Waals surface area contributed by atoms with Gasteiger partial charge in [-0.1, -0.05) is 13.3 Å². The van der Waals surface area contributed by atoms with Gasteiger partial charge in [0.05, 0.1) is 17.7 Å². The Balaban J connectivity index is 0.000000235. The van der Waals surface area contributed by atoms with Crippen LogP contribution in [0.2, 0.25) is 0 Å². The Kier molecular flexibility index (Phi) is 7.89. The molecule has 2 heterocycles. The molecule has 0 saturated carbocycles. The summed E-state index contributed by atoms with van der Waals surface area (Å²) >= 11 is 0. The number of carboxylic acids is 1. The Bertz CT molecular complexity index is 573. The number of nitrogens with zero attached hydrogens (tertiary/aromatic N) is 2. The van der Waals surface area contributed by atoms with E-state index in [1.807, 2.05) is 0 Å². The minimum Gasteiger partial charge on any atom is -0.478 e. The number of hydrogen-bond acceptors (Lipinski definition) is 5. The van der Waals surface area contributed by atoms with Crippen LogP contribution in [-0.4, -0.2) is 33.6 Å². The average molecular weight is 302 g/mol. The Labute approximate surface area is 128 Å². The normalized spacial score (nSPS) is 9.32. The number of rotatable bonds is 5. The Morgan fingerprint density at radius 2 is 1.68 bits per heavy atom. The molecule has 6 heteroatoms. The number of carbonyl (C=O) groups is 2. The molecule has 0 bridgehead atoms. The maximum Gasteiger partial charge on any atom is 0.339 e. The van der Waals surface area contributed by atoms with E-state index in [1.165, 1.54) is 24.7 Å². The number of ether oxygens (including phenoxy) is 1. The Hall–Kier alpha value is -2.76. The fourth-order valence-electron chi connectivity index (χ4n) is 1.37. The first-order chi connectivity index (χ1) is 10.6. The summed E-state index contributed by atoms with van der Waals surface area (Å²) in [5, 5.41) is 8.34. The fraction of sp³-hybridized carbons (Fsp3) is 0.250. The molecule has 0 aliphatic carbocycles. The van der Waals surface area contributed by atoms with Gasteiger partial charge < -0.3 is 9.84 Å². The average Bonchev–Trinajstić information content (AvgIpc) is 2.57. The molecule has 1 N–H and O–H groups in total. The van der Waals surface area contributed by atoms with E-state index in [0.29, 0.717) is 12.2 Å². The van der Waals surface area contributed by atoms with Gasteiger partial charge in [0.1, 0.15) is 0 Å². The van der Waals surface area contributed by atoms with E-state index in [4.69, 9.17) is 9.84 Å². The van der Waals surface area contributed by atoms with E-state index in [0.717, 1.165) is 12.8 Å². The SMILES string of the molecule is CCCCOC(=O)c1cccnc1.O=C(O)c1cccnc1. The quantitative estimate of drug-likeness (QED) is 0.674. The van der Waals surface area contributed by atoms with Crippen molar-refractivity contribution in [3.8, 4) is 0 Å². The van der Waals surface area contributed by atoms with Gasteiger partial charge in [0, 0.05) is 24.8 Å². The summed E-state index contributed by atoms with van der Waals surface area (Å²) in [6.45, 7) is 2.54. The molecule has 2 aromatic rings. The second kappa shape index (κ2) is 10.0.